The average molecular weight is 213 g/mol. The second kappa shape index (κ2) is 8.15. The minimum atomic E-state index is 0.527. The van der Waals surface area contributed by atoms with Crippen molar-refractivity contribution in [1.29, 1.82) is 0 Å². The largest absolute Gasteiger partial charge is 0.304 e. The first-order valence-electron chi connectivity index (χ1n) is 6.72. The van der Waals surface area contributed by atoms with Gasteiger partial charge in [-0.15, -0.1) is 0 Å². The van der Waals surface area contributed by atoms with Gasteiger partial charge in [0, 0.05) is 0 Å². The van der Waals surface area contributed by atoms with E-state index >= 15 is 0 Å². The van der Waals surface area contributed by atoms with E-state index in [1.54, 1.807) is 0 Å². The first kappa shape index (κ1) is 15.0. The van der Waals surface area contributed by atoms with Gasteiger partial charge in [-0.1, -0.05) is 53.9 Å². The van der Waals surface area contributed by atoms with Crippen LogP contribution in [-0.4, -0.2) is 24.5 Å². The molecule has 0 aliphatic rings. The van der Waals surface area contributed by atoms with Gasteiger partial charge in [0.05, 0.1) is 0 Å². The van der Waals surface area contributed by atoms with Gasteiger partial charge < -0.3 is 4.90 Å². The molecule has 0 radical (unpaired) electrons. The van der Waals surface area contributed by atoms with Crippen molar-refractivity contribution >= 4 is 0 Å². The van der Waals surface area contributed by atoms with Crippen LogP contribution in [0, 0.1) is 5.41 Å². The zero-order chi connectivity index (χ0) is 11.7. The van der Waals surface area contributed by atoms with Crippen LogP contribution in [0.3, 0.4) is 0 Å². The Morgan fingerprint density at radius 3 is 1.80 bits per heavy atom. The van der Waals surface area contributed by atoms with Crippen molar-refractivity contribution in [2.24, 2.45) is 5.41 Å². The molecular formula is C14H31N. The van der Waals surface area contributed by atoms with Crippen LogP contribution in [0.4, 0.5) is 0 Å². The number of nitrogens with zero attached hydrogens (tertiary/aromatic N) is 1. The third kappa shape index (κ3) is 10.2. The Bertz CT molecular complexity index is 131. The molecule has 1 heteroatoms. The number of rotatable bonds is 8. The van der Waals surface area contributed by atoms with E-state index in [1.807, 2.05) is 0 Å². The first-order valence-corrected chi connectivity index (χ1v) is 6.72. The molecule has 0 unspecified atom stereocenters. The molecule has 1 nitrogen and oxygen atoms in total. The van der Waals surface area contributed by atoms with Crippen molar-refractivity contribution in [2.45, 2.75) is 66.7 Å². The summed E-state index contributed by atoms with van der Waals surface area (Å²) in [5, 5.41) is 0. The summed E-state index contributed by atoms with van der Waals surface area (Å²) in [5.41, 5.74) is 0.527. The summed E-state index contributed by atoms with van der Waals surface area (Å²) in [4.78, 5) is 2.52. The minimum absolute atomic E-state index is 0.527. The van der Waals surface area contributed by atoms with Crippen LogP contribution in [0.5, 0.6) is 0 Å². The van der Waals surface area contributed by atoms with Crippen LogP contribution in [0.25, 0.3) is 0 Å². The van der Waals surface area contributed by atoms with Gasteiger partial charge in [-0.2, -0.15) is 0 Å². The van der Waals surface area contributed by atoms with E-state index in [-0.39, 0.29) is 0 Å². The average Bonchev–Trinajstić information content (AvgIpc) is 2.15. The molecule has 0 fully saturated rings. The normalized spacial score (nSPS) is 12.4. The molecule has 0 aromatic carbocycles. The van der Waals surface area contributed by atoms with Gasteiger partial charge in [-0.25, -0.2) is 0 Å². The number of hydrogen-bond acceptors (Lipinski definition) is 1. The quantitative estimate of drug-likeness (QED) is 0.543. The Morgan fingerprint density at radius 1 is 0.800 bits per heavy atom. The Labute approximate surface area is 97.2 Å². The van der Waals surface area contributed by atoms with Crippen LogP contribution in [0.2, 0.25) is 0 Å². The Morgan fingerprint density at radius 2 is 1.33 bits per heavy atom. The van der Waals surface area contributed by atoms with E-state index in [0.717, 1.165) is 0 Å². The van der Waals surface area contributed by atoms with Gasteiger partial charge in [-0.3, -0.25) is 0 Å². The van der Waals surface area contributed by atoms with E-state index in [2.05, 4.69) is 39.5 Å². The Hall–Kier alpha value is -0.0400. The van der Waals surface area contributed by atoms with Crippen LogP contribution in [0.15, 0.2) is 0 Å². The zero-order valence-electron chi connectivity index (χ0n) is 11.6. The molecule has 92 valence electrons. The lowest BCUT2D eigenvalue weighted by atomic mass is 9.89. The predicted octanol–water partition coefficient (Wildman–Crippen LogP) is 4.32. The zero-order valence-corrected chi connectivity index (χ0v) is 11.6. The lowest BCUT2D eigenvalue weighted by molar-refractivity contribution is 0.292. The van der Waals surface area contributed by atoms with Gasteiger partial charge in [0.1, 0.15) is 0 Å². The predicted molar refractivity (Wildman–Crippen MR) is 70.3 cm³/mol. The smallest absolute Gasteiger partial charge is 0.00190 e. The molecule has 0 aliphatic carbocycles. The highest BCUT2D eigenvalue weighted by Gasteiger charge is 2.08. The summed E-state index contributed by atoms with van der Waals surface area (Å²) in [6.07, 6.45) is 6.98. The number of unbranched alkanes of at least 4 members (excludes halogenated alkanes) is 3. The van der Waals surface area contributed by atoms with E-state index in [1.165, 1.54) is 51.7 Å². The fourth-order valence-electron chi connectivity index (χ4n) is 1.88. The molecule has 0 saturated heterocycles. The highest BCUT2D eigenvalue weighted by Crippen LogP contribution is 2.22. The molecular weight excluding hydrogens is 182 g/mol. The fraction of sp³-hybridized carbons (Fsp3) is 1.00. The van der Waals surface area contributed by atoms with E-state index in [0.29, 0.717) is 5.41 Å². The van der Waals surface area contributed by atoms with Crippen molar-refractivity contribution in [3.63, 3.8) is 0 Å². The minimum Gasteiger partial charge on any atom is -0.304 e. The second-order valence-electron chi connectivity index (χ2n) is 5.75. The summed E-state index contributed by atoms with van der Waals surface area (Å²) in [6.45, 7) is 15.2. The monoisotopic (exact) mass is 213 g/mol. The van der Waals surface area contributed by atoms with Crippen LogP contribution in [-0.2, 0) is 0 Å². The van der Waals surface area contributed by atoms with Gasteiger partial charge >= 0.3 is 0 Å². The van der Waals surface area contributed by atoms with Crippen molar-refractivity contribution in [1.82, 2.24) is 4.90 Å². The summed E-state index contributed by atoms with van der Waals surface area (Å²) >= 11 is 0. The standard InChI is InChI=1S/C14H31N/c1-6-15(7-2)13-11-9-8-10-12-14(3,4)5/h6-13H2,1-5H3. The maximum Gasteiger partial charge on any atom is -0.00190 e. The summed E-state index contributed by atoms with van der Waals surface area (Å²) in [7, 11) is 0. The lowest BCUT2D eigenvalue weighted by Crippen LogP contribution is -2.23. The summed E-state index contributed by atoms with van der Waals surface area (Å²) < 4.78 is 0. The van der Waals surface area contributed by atoms with Gasteiger partial charge in [-0.05, 0) is 37.9 Å². The van der Waals surface area contributed by atoms with Crippen molar-refractivity contribution in [3.8, 4) is 0 Å². The lowest BCUT2D eigenvalue weighted by Gasteiger charge is -2.19. The third-order valence-electron chi connectivity index (χ3n) is 3.05. The van der Waals surface area contributed by atoms with Gasteiger partial charge in [0.15, 0.2) is 0 Å². The third-order valence-corrected chi connectivity index (χ3v) is 3.05. The SMILES string of the molecule is CCN(CC)CCCCCCC(C)(C)C. The summed E-state index contributed by atoms with van der Waals surface area (Å²) in [6, 6.07) is 0. The maximum atomic E-state index is 2.52. The highest BCUT2D eigenvalue weighted by molar-refractivity contribution is 4.61. The first-order chi connectivity index (χ1) is 6.99. The molecule has 0 bridgehead atoms. The van der Waals surface area contributed by atoms with Crippen LogP contribution >= 0.6 is 0 Å². The molecule has 0 heterocycles. The van der Waals surface area contributed by atoms with E-state index < -0.39 is 0 Å². The van der Waals surface area contributed by atoms with Gasteiger partial charge in [0.25, 0.3) is 0 Å². The molecule has 0 saturated carbocycles. The molecule has 0 atom stereocenters. The van der Waals surface area contributed by atoms with Gasteiger partial charge in [0.2, 0.25) is 0 Å². The van der Waals surface area contributed by atoms with Crippen molar-refractivity contribution in [3.05, 3.63) is 0 Å². The Balaban J connectivity index is 3.25. The second-order valence-corrected chi connectivity index (χ2v) is 5.75. The highest BCUT2D eigenvalue weighted by atomic mass is 15.1. The summed E-state index contributed by atoms with van der Waals surface area (Å²) in [5.74, 6) is 0. The van der Waals surface area contributed by atoms with E-state index in [4.69, 9.17) is 0 Å². The molecule has 0 aliphatic heterocycles. The molecule has 0 aromatic heterocycles. The molecule has 0 rings (SSSR count). The van der Waals surface area contributed by atoms with Crippen LogP contribution < -0.4 is 0 Å². The van der Waals surface area contributed by atoms with E-state index in [9.17, 15) is 0 Å². The fourth-order valence-corrected chi connectivity index (χ4v) is 1.88. The van der Waals surface area contributed by atoms with Crippen molar-refractivity contribution in [2.75, 3.05) is 19.6 Å². The molecule has 0 spiro atoms. The Kier molecular flexibility index (Phi) is 8.13. The van der Waals surface area contributed by atoms with Crippen molar-refractivity contribution < 1.29 is 0 Å². The molecule has 0 aromatic rings. The van der Waals surface area contributed by atoms with Crippen LogP contribution in [0.1, 0.15) is 66.7 Å². The topological polar surface area (TPSA) is 3.24 Å². The molecule has 15 heavy (non-hydrogen) atoms. The molecule has 0 amide bonds. The maximum absolute atomic E-state index is 2.52. The molecule has 0 N–H and O–H groups in total. The number of hydrogen-bond donors (Lipinski definition) is 0.